The fourth-order valence-corrected chi connectivity index (χ4v) is 4.30. The van der Waals surface area contributed by atoms with Gasteiger partial charge in [0.25, 0.3) is 0 Å². The summed E-state index contributed by atoms with van der Waals surface area (Å²) in [4.78, 5) is 42.7. The van der Waals surface area contributed by atoms with Crippen LogP contribution in [0.15, 0.2) is 30.3 Å². The molecule has 5 N–H and O–H groups in total. The van der Waals surface area contributed by atoms with Gasteiger partial charge in [-0.15, -0.1) is 0 Å². The third kappa shape index (κ3) is 8.02. The predicted octanol–water partition coefficient (Wildman–Crippen LogP) is 0.507. The molecule has 9 nitrogen and oxygen atoms in total. The number of benzene rings is 1. The van der Waals surface area contributed by atoms with Gasteiger partial charge < -0.3 is 31.3 Å². The first-order chi connectivity index (χ1) is 16.5. The van der Waals surface area contributed by atoms with E-state index in [1.165, 1.54) is 0 Å². The molecule has 0 unspecified atom stereocenters. The summed E-state index contributed by atoms with van der Waals surface area (Å²) in [5, 5.41) is 15.3. The van der Waals surface area contributed by atoms with Gasteiger partial charge in [-0.1, -0.05) is 51.1 Å². The maximum Gasteiger partial charge on any atom is 0.246 e. The summed E-state index contributed by atoms with van der Waals surface area (Å²) in [6.07, 6.45) is 2.22. The molecule has 1 heterocycles. The van der Waals surface area contributed by atoms with E-state index in [1.807, 2.05) is 51.1 Å². The predicted molar refractivity (Wildman–Crippen MR) is 136 cm³/mol. The number of hydrogen-bond acceptors (Lipinski definition) is 6. The second-order valence-corrected chi connectivity index (χ2v) is 10.5. The van der Waals surface area contributed by atoms with Crippen LogP contribution in [0.25, 0.3) is 0 Å². The van der Waals surface area contributed by atoms with E-state index in [2.05, 4.69) is 10.6 Å². The molecule has 0 radical (unpaired) electrons. The van der Waals surface area contributed by atoms with Gasteiger partial charge in [-0.05, 0) is 44.2 Å². The van der Waals surface area contributed by atoms with Gasteiger partial charge >= 0.3 is 0 Å². The molecule has 1 aromatic rings. The highest BCUT2D eigenvalue weighted by molar-refractivity contribution is 5.90. The SMILES string of the molecule is CN[C@@H](C)C(=O)N[C@H](C(=O)N1CCC[C@H]1CN(CCc1ccccc1)C(=O)[C@H](N)CO)C(C)(C)C. The molecule has 0 saturated carbocycles. The fourth-order valence-electron chi connectivity index (χ4n) is 4.30. The average Bonchev–Trinajstić information content (AvgIpc) is 3.31. The zero-order valence-corrected chi connectivity index (χ0v) is 21.8. The lowest BCUT2D eigenvalue weighted by molar-refractivity contribution is -0.142. The first-order valence-electron chi connectivity index (χ1n) is 12.5. The van der Waals surface area contributed by atoms with Crippen LogP contribution in [0, 0.1) is 5.41 Å². The maximum atomic E-state index is 13.7. The van der Waals surface area contributed by atoms with Crippen LogP contribution in [0.3, 0.4) is 0 Å². The van der Waals surface area contributed by atoms with Crippen LogP contribution in [0.5, 0.6) is 0 Å². The molecule has 3 amide bonds. The molecule has 1 aliphatic rings. The first kappa shape index (κ1) is 28.7. The Morgan fingerprint density at radius 1 is 1.23 bits per heavy atom. The van der Waals surface area contributed by atoms with Crippen molar-refractivity contribution in [1.29, 1.82) is 0 Å². The highest BCUT2D eigenvalue weighted by Gasteiger charge is 2.41. The van der Waals surface area contributed by atoms with E-state index in [0.717, 1.165) is 18.4 Å². The molecule has 1 aliphatic heterocycles. The van der Waals surface area contributed by atoms with Gasteiger partial charge in [-0.25, -0.2) is 0 Å². The number of amides is 3. The Bertz CT molecular complexity index is 842. The smallest absolute Gasteiger partial charge is 0.246 e. The Morgan fingerprint density at radius 3 is 2.46 bits per heavy atom. The van der Waals surface area contributed by atoms with Crippen molar-refractivity contribution < 1.29 is 19.5 Å². The average molecular weight is 490 g/mol. The van der Waals surface area contributed by atoms with Crippen LogP contribution in [0.1, 0.15) is 46.1 Å². The Balaban J connectivity index is 2.20. The number of likely N-dealkylation sites (tertiary alicyclic amines) is 1. The van der Waals surface area contributed by atoms with E-state index in [0.29, 0.717) is 26.1 Å². The molecule has 0 spiro atoms. The van der Waals surface area contributed by atoms with Crippen LogP contribution in [0.2, 0.25) is 0 Å². The molecule has 0 bridgehead atoms. The standard InChI is InChI=1S/C26H43N5O4/c1-18(28-5)23(33)29-22(26(2,3)4)25(35)31-14-9-12-20(31)16-30(24(34)21(27)17-32)15-13-19-10-7-6-8-11-19/h6-8,10-11,18,20-22,28,32H,9,12-17,27H2,1-5H3,(H,29,33)/t18-,20-,21+,22+/m0/s1. The summed E-state index contributed by atoms with van der Waals surface area (Å²) in [5.41, 5.74) is 6.48. The van der Waals surface area contributed by atoms with Crippen molar-refractivity contribution in [3.05, 3.63) is 35.9 Å². The number of nitrogens with two attached hydrogens (primary N) is 1. The fraction of sp³-hybridized carbons (Fsp3) is 0.654. The summed E-state index contributed by atoms with van der Waals surface area (Å²) >= 11 is 0. The van der Waals surface area contributed by atoms with E-state index >= 15 is 0 Å². The Labute approximate surface area is 209 Å². The number of aliphatic hydroxyl groups is 1. The maximum absolute atomic E-state index is 13.7. The van der Waals surface area contributed by atoms with Crippen LogP contribution in [-0.4, -0.2) is 90.1 Å². The van der Waals surface area contributed by atoms with Gasteiger partial charge in [0, 0.05) is 25.7 Å². The third-order valence-electron chi connectivity index (χ3n) is 6.66. The zero-order chi connectivity index (χ0) is 26.2. The second kappa shape index (κ2) is 13.0. The highest BCUT2D eigenvalue weighted by atomic mass is 16.3. The minimum Gasteiger partial charge on any atom is -0.394 e. The van der Waals surface area contributed by atoms with E-state index in [9.17, 15) is 19.5 Å². The Morgan fingerprint density at radius 2 is 1.89 bits per heavy atom. The van der Waals surface area contributed by atoms with Gasteiger partial charge in [0.2, 0.25) is 17.7 Å². The number of rotatable bonds is 11. The molecular formula is C26H43N5O4. The first-order valence-corrected chi connectivity index (χ1v) is 12.5. The van der Waals surface area contributed by atoms with E-state index < -0.39 is 30.1 Å². The monoisotopic (exact) mass is 489 g/mol. The lowest BCUT2D eigenvalue weighted by Gasteiger charge is -2.38. The topological polar surface area (TPSA) is 128 Å². The quantitative estimate of drug-likeness (QED) is 0.359. The minimum atomic E-state index is -0.999. The molecule has 0 aliphatic carbocycles. The van der Waals surface area contributed by atoms with Gasteiger partial charge in [0.1, 0.15) is 12.1 Å². The summed E-state index contributed by atoms with van der Waals surface area (Å²) in [6, 6.07) is 7.55. The van der Waals surface area contributed by atoms with Crippen molar-refractivity contribution in [2.75, 3.05) is 33.3 Å². The number of aliphatic hydroxyl groups excluding tert-OH is 1. The van der Waals surface area contributed by atoms with Crippen LogP contribution < -0.4 is 16.4 Å². The molecule has 196 valence electrons. The second-order valence-electron chi connectivity index (χ2n) is 10.5. The van der Waals surface area contributed by atoms with Crippen molar-refractivity contribution in [3.63, 3.8) is 0 Å². The minimum absolute atomic E-state index is 0.140. The number of nitrogens with zero attached hydrogens (tertiary/aromatic N) is 2. The lowest BCUT2D eigenvalue weighted by atomic mass is 9.85. The number of hydrogen-bond donors (Lipinski definition) is 4. The summed E-state index contributed by atoms with van der Waals surface area (Å²) in [7, 11) is 1.70. The zero-order valence-electron chi connectivity index (χ0n) is 21.8. The molecule has 1 saturated heterocycles. The van der Waals surface area contributed by atoms with Gasteiger partial charge in [-0.3, -0.25) is 14.4 Å². The van der Waals surface area contributed by atoms with Crippen LogP contribution >= 0.6 is 0 Å². The largest absolute Gasteiger partial charge is 0.394 e. The molecule has 1 fully saturated rings. The van der Waals surface area contributed by atoms with Gasteiger partial charge in [0.05, 0.1) is 12.6 Å². The van der Waals surface area contributed by atoms with Crippen molar-refractivity contribution >= 4 is 17.7 Å². The van der Waals surface area contributed by atoms with Crippen molar-refractivity contribution in [1.82, 2.24) is 20.4 Å². The Hall–Kier alpha value is -2.49. The van der Waals surface area contributed by atoms with Crippen molar-refractivity contribution in [2.45, 2.75) is 71.1 Å². The summed E-state index contributed by atoms with van der Waals surface area (Å²) in [5.74, 6) is -0.699. The lowest BCUT2D eigenvalue weighted by Crippen LogP contribution is -2.59. The number of likely N-dealkylation sites (N-methyl/N-ethyl adjacent to an activating group) is 1. The molecule has 35 heavy (non-hydrogen) atoms. The molecule has 4 atom stereocenters. The van der Waals surface area contributed by atoms with E-state index in [4.69, 9.17) is 5.73 Å². The number of nitrogens with one attached hydrogen (secondary N) is 2. The molecular weight excluding hydrogens is 446 g/mol. The van der Waals surface area contributed by atoms with Crippen molar-refractivity contribution in [3.8, 4) is 0 Å². The van der Waals surface area contributed by atoms with E-state index in [-0.39, 0.29) is 23.8 Å². The number of carbonyl (C=O) groups is 3. The van der Waals surface area contributed by atoms with Gasteiger partial charge in [0.15, 0.2) is 0 Å². The Kier molecular flexibility index (Phi) is 10.7. The molecule has 9 heteroatoms. The molecule has 0 aromatic heterocycles. The van der Waals surface area contributed by atoms with E-state index in [1.54, 1.807) is 23.8 Å². The van der Waals surface area contributed by atoms with Crippen LogP contribution in [0.4, 0.5) is 0 Å². The third-order valence-corrected chi connectivity index (χ3v) is 6.66. The number of carbonyl (C=O) groups excluding carboxylic acids is 3. The van der Waals surface area contributed by atoms with Crippen molar-refractivity contribution in [2.24, 2.45) is 11.1 Å². The normalized spacial score (nSPS) is 18.6. The van der Waals surface area contributed by atoms with Gasteiger partial charge in [-0.2, -0.15) is 0 Å². The summed E-state index contributed by atoms with van der Waals surface area (Å²) in [6.45, 7) is 8.45. The summed E-state index contributed by atoms with van der Waals surface area (Å²) < 4.78 is 0. The highest BCUT2D eigenvalue weighted by Crippen LogP contribution is 2.26. The molecule has 2 rings (SSSR count). The van der Waals surface area contributed by atoms with Crippen LogP contribution in [-0.2, 0) is 20.8 Å². The molecule has 1 aromatic carbocycles.